The lowest BCUT2D eigenvalue weighted by atomic mass is 9.96. The van der Waals surface area contributed by atoms with Gasteiger partial charge in [-0.2, -0.15) is 5.10 Å². The number of aromatic amines is 2. The number of aromatic nitrogens is 4. The third-order valence-corrected chi connectivity index (χ3v) is 4.82. The lowest BCUT2D eigenvalue weighted by Crippen LogP contribution is -2.34. The third-order valence-electron chi connectivity index (χ3n) is 4.82. The van der Waals surface area contributed by atoms with E-state index in [2.05, 4.69) is 20.2 Å². The van der Waals surface area contributed by atoms with Crippen LogP contribution in [0.5, 0.6) is 0 Å². The van der Waals surface area contributed by atoms with Crippen LogP contribution in [0, 0.1) is 0 Å². The number of nitrogens with one attached hydrogen (secondary N) is 2. The number of hydrogen-bond acceptors (Lipinski definition) is 5. The van der Waals surface area contributed by atoms with E-state index in [1.54, 1.807) is 42.5 Å². The van der Waals surface area contributed by atoms with Crippen LogP contribution >= 0.6 is 0 Å². The molecule has 0 fully saturated rings. The van der Waals surface area contributed by atoms with Gasteiger partial charge in [-0.15, -0.1) is 0 Å². The summed E-state index contributed by atoms with van der Waals surface area (Å²) in [5.41, 5.74) is 3.23. The molecule has 1 atom stereocenters. The first kappa shape index (κ1) is 18.6. The summed E-state index contributed by atoms with van der Waals surface area (Å²) in [6, 6.07) is 12.5. The number of fused-ring (bicyclic) bond motifs is 1. The lowest BCUT2D eigenvalue weighted by molar-refractivity contribution is -0.138. The van der Waals surface area contributed by atoms with Crippen molar-refractivity contribution in [3.05, 3.63) is 82.5 Å². The SMILES string of the molecule is CN(CC(=O)O)C(c1ccc2[nH]ccc2c1)c1cc(-c2ccncc2)n[nH]c1=O. The van der Waals surface area contributed by atoms with E-state index in [1.165, 1.54) is 0 Å². The molecular formula is C21H19N5O3. The maximum atomic E-state index is 12.7. The summed E-state index contributed by atoms with van der Waals surface area (Å²) in [5.74, 6) is -0.972. The summed E-state index contributed by atoms with van der Waals surface area (Å²) < 4.78 is 0. The van der Waals surface area contributed by atoms with Gasteiger partial charge >= 0.3 is 5.97 Å². The van der Waals surface area contributed by atoms with Crippen LogP contribution < -0.4 is 5.56 Å². The summed E-state index contributed by atoms with van der Waals surface area (Å²) in [6.07, 6.45) is 5.14. The Bertz CT molecular complexity index is 1220. The molecule has 0 aliphatic carbocycles. The Morgan fingerprint density at radius 1 is 1.17 bits per heavy atom. The van der Waals surface area contributed by atoms with Crippen LogP contribution in [0.2, 0.25) is 0 Å². The number of H-pyrrole nitrogens is 2. The molecule has 4 aromatic rings. The normalized spacial score (nSPS) is 12.3. The standard InChI is InChI=1S/C21H19N5O3/c1-26(12-19(27)28)20(15-2-3-17-14(10-15)6-9-23-17)16-11-18(24-25-21(16)29)13-4-7-22-8-5-13/h2-11,20,23H,12H2,1H3,(H,25,29)(H,27,28). The molecule has 29 heavy (non-hydrogen) atoms. The Morgan fingerprint density at radius 3 is 2.72 bits per heavy atom. The van der Waals surface area contributed by atoms with Crippen LogP contribution in [0.4, 0.5) is 0 Å². The first-order chi connectivity index (χ1) is 14.0. The molecular weight excluding hydrogens is 370 g/mol. The Kier molecular flexibility index (Phi) is 4.92. The van der Waals surface area contributed by atoms with E-state index in [1.807, 2.05) is 30.5 Å². The topological polar surface area (TPSA) is 115 Å². The zero-order chi connectivity index (χ0) is 20.4. The highest BCUT2D eigenvalue weighted by Crippen LogP contribution is 2.29. The summed E-state index contributed by atoms with van der Waals surface area (Å²) in [7, 11) is 1.69. The number of carboxylic acid groups (broad SMARTS) is 1. The fourth-order valence-electron chi connectivity index (χ4n) is 3.51. The van der Waals surface area contributed by atoms with Crippen LogP contribution in [0.1, 0.15) is 17.2 Å². The number of carboxylic acids is 1. The minimum atomic E-state index is -0.972. The molecule has 0 aliphatic heterocycles. The smallest absolute Gasteiger partial charge is 0.317 e. The van der Waals surface area contributed by atoms with Crippen molar-refractivity contribution in [3.8, 4) is 11.3 Å². The summed E-state index contributed by atoms with van der Waals surface area (Å²) in [4.78, 5) is 32.9. The Labute approximate surface area is 165 Å². The summed E-state index contributed by atoms with van der Waals surface area (Å²) in [6.45, 7) is -0.220. The van der Waals surface area contributed by atoms with Crippen LogP contribution in [0.15, 0.2) is 65.8 Å². The van der Waals surface area contributed by atoms with E-state index >= 15 is 0 Å². The van der Waals surface area contributed by atoms with E-state index < -0.39 is 12.0 Å². The van der Waals surface area contributed by atoms with Gasteiger partial charge in [0.05, 0.1) is 18.3 Å². The zero-order valence-electron chi connectivity index (χ0n) is 15.7. The van der Waals surface area contributed by atoms with Crippen molar-refractivity contribution in [2.24, 2.45) is 0 Å². The van der Waals surface area contributed by atoms with E-state index in [0.29, 0.717) is 11.3 Å². The Balaban J connectivity index is 1.86. The molecule has 0 aliphatic rings. The molecule has 3 N–H and O–H groups in total. The van der Waals surface area contributed by atoms with E-state index in [0.717, 1.165) is 22.0 Å². The van der Waals surface area contributed by atoms with Crippen molar-refractivity contribution in [2.45, 2.75) is 6.04 Å². The first-order valence-electron chi connectivity index (χ1n) is 9.02. The van der Waals surface area contributed by atoms with Gasteiger partial charge in [0.15, 0.2) is 0 Å². The van der Waals surface area contributed by atoms with E-state index in [-0.39, 0.29) is 12.1 Å². The van der Waals surface area contributed by atoms with Gasteiger partial charge in [-0.25, -0.2) is 5.10 Å². The Morgan fingerprint density at radius 2 is 1.97 bits per heavy atom. The molecule has 0 bridgehead atoms. The molecule has 4 rings (SSSR count). The Hall–Kier alpha value is -3.78. The van der Waals surface area contributed by atoms with Gasteiger partial charge in [-0.05, 0) is 54.4 Å². The van der Waals surface area contributed by atoms with Crippen LogP contribution in [0.3, 0.4) is 0 Å². The van der Waals surface area contributed by atoms with Crippen molar-refractivity contribution in [2.75, 3.05) is 13.6 Å². The van der Waals surface area contributed by atoms with Gasteiger partial charge in [0.25, 0.3) is 5.56 Å². The monoisotopic (exact) mass is 389 g/mol. The average Bonchev–Trinajstić information content (AvgIpc) is 3.18. The van der Waals surface area contributed by atoms with Gasteiger partial charge in [0.1, 0.15) is 0 Å². The summed E-state index contributed by atoms with van der Waals surface area (Å²) in [5, 5.41) is 17.0. The number of carbonyl (C=O) groups is 1. The number of likely N-dealkylation sites (N-methyl/N-ethyl adjacent to an activating group) is 1. The molecule has 8 heteroatoms. The van der Waals surface area contributed by atoms with Crippen LogP contribution in [-0.4, -0.2) is 49.7 Å². The van der Waals surface area contributed by atoms with Crippen molar-refractivity contribution in [1.29, 1.82) is 0 Å². The van der Waals surface area contributed by atoms with Gasteiger partial charge in [-0.1, -0.05) is 6.07 Å². The van der Waals surface area contributed by atoms with Crippen molar-refractivity contribution >= 4 is 16.9 Å². The van der Waals surface area contributed by atoms with Gasteiger partial charge < -0.3 is 10.1 Å². The number of aliphatic carboxylic acids is 1. The van der Waals surface area contributed by atoms with Gasteiger partial charge in [0, 0.05) is 35.2 Å². The van der Waals surface area contributed by atoms with Crippen molar-refractivity contribution in [1.82, 2.24) is 25.1 Å². The molecule has 0 saturated heterocycles. The predicted octanol–water partition coefficient (Wildman–Crippen LogP) is 2.42. The van der Waals surface area contributed by atoms with Gasteiger partial charge in [0.2, 0.25) is 0 Å². The molecule has 0 radical (unpaired) electrons. The minimum Gasteiger partial charge on any atom is -0.480 e. The lowest BCUT2D eigenvalue weighted by Gasteiger charge is -2.27. The largest absolute Gasteiger partial charge is 0.480 e. The van der Waals surface area contributed by atoms with Crippen LogP contribution in [0.25, 0.3) is 22.2 Å². The zero-order valence-corrected chi connectivity index (χ0v) is 15.7. The molecule has 3 heterocycles. The second-order valence-corrected chi connectivity index (χ2v) is 6.81. The number of rotatable bonds is 6. The minimum absolute atomic E-state index is 0.220. The van der Waals surface area contributed by atoms with E-state index in [9.17, 15) is 14.7 Å². The number of pyridine rings is 1. The predicted molar refractivity (Wildman–Crippen MR) is 108 cm³/mol. The van der Waals surface area contributed by atoms with Crippen LogP contribution in [-0.2, 0) is 4.79 Å². The maximum absolute atomic E-state index is 12.7. The number of nitrogens with zero attached hydrogens (tertiary/aromatic N) is 3. The first-order valence-corrected chi connectivity index (χ1v) is 9.02. The molecule has 0 spiro atoms. The summed E-state index contributed by atoms with van der Waals surface area (Å²) >= 11 is 0. The highest BCUT2D eigenvalue weighted by molar-refractivity contribution is 5.80. The fraction of sp³-hybridized carbons (Fsp3) is 0.143. The molecule has 1 unspecified atom stereocenters. The molecule has 146 valence electrons. The molecule has 0 saturated carbocycles. The van der Waals surface area contributed by atoms with Gasteiger partial charge in [-0.3, -0.25) is 19.5 Å². The van der Waals surface area contributed by atoms with Crippen molar-refractivity contribution < 1.29 is 9.90 Å². The fourth-order valence-corrected chi connectivity index (χ4v) is 3.51. The second kappa shape index (κ2) is 7.69. The quantitative estimate of drug-likeness (QED) is 0.467. The molecule has 8 nitrogen and oxygen atoms in total. The third kappa shape index (κ3) is 3.78. The van der Waals surface area contributed by atoms with E-state index in [4.69, 9.17) is 0 Å². The highest BCUT2D eigenvalue weighted by Gasteiger charge is 2.25. The maximum Gasteiger partial charge on any atom is 0.317 e. The number of benzene rings is 1. The van der Waals surface area contributed by atoms with Crippen molar-refractivity contribution in [3.63, 3.8) is 0 Å². The average molecular weight is 389 g/mol. The molecule has 3 aromatic heterocycles. The number of hydrogen-bond donors (Lipinski definition) is 3. The highest BCUT2D eigenvalue weighted by atomic mass is 16.4. The molecule has 0 amide bonds. The second-order valence-electron chi connectivity index (χ2n) is 6.81. The molecule has 1 aromatic carbocycles.